The Morgan fingerprint density at radius 1 is 1.45 bits per heavy atom. The summed E-state index contributed by atoms with van der Waals surface area (Å²) in [5.41, 5.74) is 0.328. The van der Waals surface area contributed by atoms with Gasteiger partial charge in [0.2, 0.25) is 0 Å². The first kappa shape index (κ1) is 21.4. The molecule has 0 aromatic heterocycles. The van der Waals surface area contributed by atoms with Crippen molar-refractivity contribution in [1.82, 2.24) is 0 Å². The minimum atomic E-state index is -0.484. The molecule has 1 aromatic carbocycles. The fraction of sp³-hybridized carbons (Fsp3) is 0.0833. The van der Waals surface area contributed by atoms with Crippen LogP contribution in [0.4, 0.5) is 0 Å². The summed E-state index contributed by atoms with van der Waals surface area (Å²) < 4.78 is 5.19. The molecule has 0 amide bonds. The van der Waals surface area contributed by atoms with Gasteiger partial charge in [-0.05, 0) is 0 Å². The van der Waals surface area contributed by atoms with Crippen molar-refractivity contribution in [2.75, 3.05) is 7.11 Å². The van der Waals surface area contributed by atoms with Crippen LogP contribution in [-0.2, 0) is 4.74 Å². The van der Waals surface area contributed by atoms with Crippen molar-refractivity contribution >= 4 is 29.5 Å². The predicted octanol–water partition coefficient (Wildman–Crippen LogP) is -3.11. The summed E-state index contributed by atoms with van der Waals surface area (Å²) in [7, 11) is 1.30. The number of carbonyl (C=O) groups excluding carboxylic acids is 1. The third-order valence-electron chi connectivity index (χ3n) is 2.01. The minimum absolute atomic E-state index is 0. The van der Waals surface area contributed by atoms with Gasteiger partial charge in [-0.3, -0.25) is 18.2 Å². The van der Waals surface area contributed by atoms with Crippen LogP contribution in [0.1, 0.15) is 10.4 Å². The Hall–Kier alpha value is 1.38. The largest absolute Gasteiger partial charge is 1.00 e. The average molecular weight is 351 g/mol. The van der Waals surface area contributed by atoms with Gasteiger partial charge in [-0.2, -0.15) is 38.9 Å². The summed E-state index contributed by atoms with van der Waals surface area (Å²) in [5, 5.41) is 8.80. The van der Waals surface area contributed by atoms with E-state index in [0.29, 0.717) is 9.13 Å². The number of rotatable bonds is 1. The van der Waals surface area contributed by atoms with Gasteiger partial charge >= 0.3 is 103 Å². The fourth-order valence-corrected chi connectivity index (χ4v) is 3.44. The molecule has 0 radical (unpaired) electrons. The number of hydrogen-bond donors (Lipinski definition) is 0. The second-order valence-corrected chi connectivity index (χ2v) is 5.34. The third-order valence-corrected chi connectivity index (χ3v) is 4.43. The Morgan fingerprint density at radius 2 is 2.10 bits per heavy atom. The summed E-state index contributed by atoms with van der Waals surface area (Å²) in [6.45, 7) is 6.90. The van der Waals surface area contributed by atoms with E-state index in [0.717, 1.165) is 4.90 Å². The molecule has 0 saturated heterocycles. The van der Waals surface area contributed by atoms with Gasteiger partial charge in [0.15, 0.2) is 5.97 Å². The van der Waals surface area contributed by atoms with E-state index in [1.54, 1.807) is 0 Å². The molecule has 2 rings (SSSR count). The minimum Gasteiger partial charge on any atom is -0.517 e. The maximum Gasteiger partial charge on any atom is 1.00 e. The zero-order chi connectivity index (χ0) is 13.1. The number of carbonyl (C=O) groups is 1. The van der Waals surface area contributed by atoms with Crippen molar-refractivity contribution in [3.8, 4) is 6.07 Å². The molecule has 1 heterocycles. The second-order valence-electron chi connectivity index (χ2n) is 3.04. The van der Waals surface area contributed by atoms with Crippen LogP contribution in [0.25, 0.3) is 4.85 Å². The van der Waals surface area contributed by atoms with E-state index in [2.05, 4.69) is 21.7 Å². The molecule has 0 atom stereocenters. The van der Waals surface area contributed by atoms with Crippen LogP contribution in [0.5, 0.6) is 0 Å². The first-order chi connectivity index (χ1) is 8.69. The van der Waals surface area contributed by atoms with Crippen LogP contribution in [0.2, 0.25) is 0 Å². The van der Waals surface area contributed by atoms with E-state index >= 15 is 0 Å². The van der Waals surface area contributed by atoms with Crippen LogP contribution in [0.3, 0.4) is 0 Å². The van der Waals surface area contributed by atoms with Crippen LogP contribution in [-0.4, -0.2) is 13.1 Å². The quantitative estimate of drug-likeness (QED) is 0.232. The Bertz CT molecular complexity index is 632. The summed E-state index contributed by atoms with van der Waals surface area (Å²) >= 11 is 2.54. The van der Waals surface area contributed by atoms with Crippen LogP contribution >= 0.6 is 23.5 Å². The molecule has 0 saturated carbocycles. The molecule has 4 nitrogen and oxygen atoms in total. The van der Waals surface area contributed by atoms with Crippen LogP contribution in [0, 0.1) is 30.0 Å². The smallest absolute Gasteiger partial charge is 0.517 e. The summed E-state index contributed by atoms with van der Waals surface area (Å²) in [6.07, 6.45) is 0. The van der Waals surface area contributed by atoms with E-state index in [1.165, 1.54) is 36.7 Å². The van der Waals surface area contributed by atoms with Crippen LogP contribution in [0.15, 0.2) is 25.8 Å². The number of allylic oxidation sites excluding steroid dienone is 1. The van der Waals surface area contributed by atoms with Gasteiger partial charge < -0.3 is 9.53 Å². The van der Waals surface area contributed by atoms with E-state index < -0.39 is 5.97 Å². The molecule has 0 fully saturated rings. The first-order valence-corrected chi connectivity index (χ1v) is 6.26. The molecule has 0 unspecified atom stereocenters. The average Bonchev–Trinajstić information content (AvgIpc) is 2.81. The molecule has 0 bridgehead atoms. The molecule has 20 heavy (non-hydrogen) atoms. The normalized spacial score (nSPS) is 13.8. The van der Waals surface area contributed by atoms with E-state index in [4.69, 9.17) is 11.8 Å². The zero-order valence-electron chi connectivity index (χ0n) is 11.1. The number of benzene rings is 1. The monoisotopic (exact) mass is 350 g/mol. The number of ether oxygens (including phenoxy) is 1. The fourth-order valence-electron chi connectivity index (χ4n) is 1.21. The van der Waals surface area contributed by atoms with Gasteiger partial charge in [-0.15, -0.1) is 0 Å². The van der Waals surface area contributed by atoms with Gasteiger partial charge in [0.1, 0.15) is 0 Å². The molecular formula is C12H4K2N2O2S2. The molecule has 0 aliphatic carbocycles. The second kappa shape index (κ2) is 10.2. The van der Waals surface area contributed by atoms with Gasteiger partial charge in [0, 0.05) is 4.24 Å². The SMILES string of the molecule is [C-]#[N+]/C(C#N)=C1\Sc2[c-]cc(C(=O)OC)[c-]c2S1.[K+].[K+]. The molecule has 0 N–H and O–H groups in total. The molecular weight excluding hydrogens is 346 g/mol. The topological polar surface area (TPSA) is 54.5 Å². The summed E-state index contributed by atoms with van der Waals surface area (Å²) in [6, 6.07) is 9.16. The molecule has 1 aliphatic rings. The third kappa shape index (κ3) is 4.95. The number of fused-ring (bicyclic) bond motifs is 1. The Morgan fingerprint density at radius 3 is 2.65 bits per heavy atom. The predicted molar refractivity (Wildman–Crippen MR) is 66.4 cm³/mol. The Labute approximate surface area is 210 Å². The van der Waals surface area contributed by atoms with Crippen molar-refractivity contribution in [3.05, 3.63) is 45.1 Å². The number of nitriles is 1. The standard InChI is InChI=1S/C12H4N2O2S2.2K/c1-14-8(6-13)12-17-9-4-3-7(11(15)16-2)5-10(9)18-12;;/h3H,2H3;;/q-2;2*+1/b12-8+;;. The molecule has 0 spiro atoms. The number of thioether (sulfide) groups is 2. The molecule has 1 aromatic rings. The molecule has 1 aliphatic heterocycles. The van der Waals surface area contributed by atoms with Gasteiger partial charge in [-0.1, -0.05) is 0 Å². The molecule has 8 heteroatoms. The van der Waals surface area contributed by atoms with Gasteiger partial charge in [-0.25, -0.2) is 10.1 Å². The number of hydrogen-bond acceptors (Lipinski definition) is 5. The van der Waals surface area contributed by atoms with Gasteiger partial charge in [0.25, 0.3) is 5.70 Å². The van der Waals surface area contributed by atoms with Gasteiger partial charge in [0.05, 0.1) is 19.8 Å². The van der Waals surface area contributed by atoms with Crippen molar-refractivity contribution in [2.24, 2.45) is 0 Å². The van der Waals surface area contributed by atoms with E-state index in [-0.39, 0.29) is 114 Å². The molecule has 88 valence electrons. The Balaban J connectivity index is 0.00000180. The van der Waals surface area contributed by atoms with Crippen molar-refractivity contribution in [1.29, 1.82) is 5.26 Å². The number of methoxy groups -OCH3 is 1. The summed E-state index contributed by atoms with van der Waals surface area (Å²) in [5.74, 6) is -0.484. The van der Waals surface area contributed by atoms with E-state index in [1.807, 2.05) is 6.07 Å². The van der Waals surface area contributed by atoms with Crippen molar-refractivity contribution in [2.45, 2.75) is 9.79 Å². The zero-order valence-corrected chi connectivity index (χ0v) is 19.0. The maximum atomic E-state index is 11.3. The van der Waals surface area contributed by atoms with Crippen LogP contribution < -0.4 is 103 Å². The first-order valence-electron chi connectivity index (χ1n) is 4.63. The van der Waals surface area contributed by atoms with Crippen molar-refractivity contribution in [3.63, 3.8) is 0 Å². The van der Waals surface area contributed by atoms with Crippen molar-refractivity contribution < 1.29 is 112 Å². The summed E-state index contributed by atoms with van der Waals surface area (Å²) in [4.78, 5) is 15.9. The Kier molecular flexibility index (Phi) is 10.9. The maximum absolute atomic E-state index is 11.3. The number of nitrogens with zero attached hydrogens (tertiary/aromatic N) is 2. The number of esters is 1. The van der Waals surface area contributed by atoms with E-state index in [9.17, 15) is 4.79 Å².